The van der Waals surface area contributed by atoms with Crippen LogP contribution in [0.25, 0.3) is 5.69 Å². The number of benzene rings is 1. The van der Waals surface area contributed by atoms with Gasteiger partial charge in [0.15, 0.2) is 0 Å². The van der Waals surface area contributed by atoms with E-state index in [1.807, 2.05) is 19.2 Å². The fourth-order valence-corrected chi connectivity index (χ4v) is 1.70. The van der Waals surface area contributed by atoms with E-state index in [0.717, 1.165) is 18.7 Å². The molecule has 0 saturated heterocycles. The highest BCUT2D eigenvalue weighted by Crippen LogP contribution is 2.08. The zero-order valence-electron chi connectivity index (χ0n) is 11.7. The molecule has 0 saturated carbocycles. The summed E-state index contributed by atoms with van der Waals surface area (Å²) >= 11 is 0. The monoisotopic (exact) mass is 331 g/mol. The number of nitrogens with one attached hydrogen (secondary N) is 2. The van der Waals surface area contributed by atoms with Gasteiger partial charge < -0.3 is 10.6 Å². The van der Waals surface area contributed by atoms with Gasteiger partial charge >= 0.3 is 0 Å². The normalized spacial score (nSPS) is 9.38. The van der Waals surface area contributed by atoms with Crippen molar-refractivity contribution < 1.29 is 4.79 Å². The summed E-state index contributed by atoms with van der Waals surface area (Å²) in [6.07, 6.45) is 3.97. The minimum absolute atomic E-state index is 0. The number of halogens is 2. The number of nitrogens with zero attached hydrogens (tertiary/aromatic N) is 3. The van der Waals surface area contributed by atoms with E-state index in [2.05, 4.69) is 20.7 Å². The van der Waals surface area contributed by atoms with E-state index < -0.39 is 0 Å². The summed E-state index contributed by atoms with van der Waals surface area (Å²) in [6.45, 7) is 1.55. The Labute approximate surface area is 136 Å². The zero-order valence-corrected chi connectivity index (χ0v) is 13.3. The molecule has 0 spiro atoms. The van der Waals surface area contributed by atoms with Gasteiger partial charge in [-0.05, 0) is 38.2 Å². The summed E-state index contributed by atoms with van der Waals surface area (Å²) in [4.78, 5) is 15.8. The van der Waals surface area contributed by atoms with Crippen LogP contribution in [-0.2, 0) is 0 Å². The summed E-state index contributed by atoms with van der Waals surface area (Å²) in [7, 11) is 1.89. The Morgan fingerprint density at radius 3 is 2.76 bits per heavy atom. The maximum Gasteiger partial charge on any atom is 0.251 e. The van der Waals surface area contributed by atoms with Crippen LogP contribution in [0, 0.1) is 0 Å². The van der Waals surface area contributed by atoms with Gasteiger partial charge in [-0.25, -0.2) is 9.67 Å². The first kappa shape index (κ1) is 19.4. The van der Waals surface area contributed by atoms with Gasteiger partial charge in [-0.1, -0.05) is 6.07 Å². The van der Waals surface area contributed by atoms with E-state index in [4.69, 9.17) is 0 Å². The van der Waals surface area contributed by atoms with Gasteiger partial charge in [-0.3, -0.25) is 4.79 Å². The predicted molar refractivity (Wildman–Crippen MR) is 86.7 cm³/mol. The molecule has 1 aromatic heterocycles. The molecule has 1 aromatic carbocycles. The van der Waals surface area contributed by atoms with Crippen molar-refractivity contribution in [2.45, 2.75) is 6.42 Å². The number of amides is 1. The molecule has 2 N–H and O–H groups in total. The van der Waals surface area contributed by atoms with Crippen LogP contribution < -0.4 is 10.6 Å². The van der Waals surface area contributed by atoms with Crippen LogP contribution in [0.5, 0.6) is 0 Å². The second-order valence-corrected chi connectivity index (χ2v) is 4.10. The van der Waals surface area contributed by atoms with Crippen molar-refractivity contribution in [1.29, 1.82) is 0 Å². The molecule has 1 amide bonds. The third kappa shape index (κ3) is 5.71. The number of carbonyl (C=O) groups is 1. The lowest BCUT2D eigenvalue weighted by Gasteiger charge is -2.06. The Morgan fingerprint density at radius 2 is 2.10 bits per heavy atom. The standard InChI is InChI=1S/C13H17N5O.2ClH/c1-14-6-3-7-16-13(19)11-4-2-5-12(8-11)18-10-15-9-17-18;;/h2,4-5,8-10,14H,3,6-7H2,1H3,(H,16,19);2*1H. The van der Waals surface area contributed by atoms with Crippen LogP contribution in [0.15, 0.2) is 36.9 Å². The smallest absolute Gasteiger partial charge is 0.251 e. The minimum atomic E-state index is -0.0712. The molecule has 0 aliphatic carbocycles. The van der Waals surface area contributed by atoms with E-state index >= 15 is 0 Å². The maximum absolute atomic E-state index is 12.0. The van der Waals surface area contributed by atoms with E-state index in [1.54, 1.807) is 23.1 Å². The van der Waals surface area contributed by atoms with Crippen LogP contribution in [0.2, 0.25) is 0 Å². The fourth-order valence-electron chi connectivity index (χ4n) is 1.70. The maximum atomic E-state index is 12.0. The van der Waals surface area contributed by atoms with Gasteiger partial charge in [0.05, 0.1) is 5.69 Å². The molecular formula is C13H19Cl2N5O. The Bertz CT molecular complexity index is 533. The molecule has 21 heavy (non-hydrogen) atoms. The average molecular weight is 332 g/mol. The molecule has 8 heteroatoms. The molecule has 6 nitrogen and oxygen atoms in total. The molecule has 116 valence electrons. The van der Waals surface area contributed by atoms with Gasteiger partial charge in [-0.15, -0.1) is 24.8 Å². The van der Waals surface area contributed by atoms with Gasteiger partial charge in [0.1, 0.15) is 12.7 Å². The van der Waals surface area contributed by atoms with Crippen LogP contribution in [0.1, 0.15) is 16.8 Å². The Morgan fingerprint density at radius 1 is 1.29 bits per heavy atom. The number of rotatable bonds is 6. The van der Waals surface area contributed by atoms with Crippen molar-refractivity contribution in [2.75, 3.05) is 20.1 Å². The van der Waals surface area contributed by atoms with E-state index in [-0.39, 0.29) is 30.7 Å². The van der Waals surface area contributed by atoms with Crippen molar-refractivity contribution in [1.82, 2.24) is 25.4 Å². The third-order valence-corrected chi connectivity index (χ3v) is 2.68. The largest absolute Gasteiger partial charge is 0.352 e. The SMILES string of the molecule is CNCCCNC(=O)c1cccc(-n2cncn2)c1.Cl.Cl. The lowest BCUT2D eigenvalue weighted by molar-refractivity contribution is 0.0953. The highest BCUT2D eigenvalue weighted by molar-refractivity contribution is 5.94. The van der Waals surface area contributed by atoms with Crippen LogP contribution >= 0.6 is 24.8 Å². The molecule has 2 aromatic rings. The van der Waals surface area contributed by atoms with Crippen molar-refractivity contribution in [3.63, 3.8) is 0 Å². The van der Waals surface area contributed by atoms with Crippen molar-refractivity contribution in [3.05, 3.63) is 42.5 Å². The highest BCUT2D eigenvalue weighted by atomic mass is 35.5. The van der Waals surface area contributed by atoms with Gasteiger partial charge in [0, 0.05) is 12.1 Å². The van der Waals surface area contributed by atoms with Crippen molar-refractivity contribution >= 4 is 30.7 Å². The van der Waals surface area contributed by atoms with Gasteiger partial charge in [0.25, 0.3) is 5.91 Å². The number of hydrogen-bond acceptors (Lipinski definition) is 4. The van der Waals surface area contributed by atoms with Gasteiger partial charge in [0.2, 0.25) is 0 Å². The first-order chi connectivity index (χ1) is 9.31. The topological polar surface area (TPSA) is 71.8 Å². The molecule has 0 bridgehead atoms. The van der Waals surface area contributed by atoms with Crippen LogP contribution in [-0.4, -0.2) is 40.8 Å². The summed E-state index contributed by atoms with van der Waals surface area (Å²) in [5.41, 5.74) is 1.44. The van der Waals surface area contributed by atoms with Crippen molar-refractivity contribution in [2.24, 2.45) is 0 Å². The Hall–Kier alpha value is -1.63. The summed E-state index contributed by atoms with van der Waals surface area (Å²) in [5, 5.41) is 9.96. The molecule has 0 unspecified atom stereocenters. The quantitative estimate of drug-likeness (QED) is 0.786. The zero-order chi connectivity index (χ0) is 13.5. The highest BCUT2D eigenvalue weighted by Gasteiger charge is 2.06. The third-order valence-electron chi connectivity index (χ3n) is 2.68. The summed E-state index contributed by atoms with van der Waals surface area (Å²) in [5.74, 6) is -0.0712. The molecule has 0 aliphatic heterocycles. The molecule has 0 aliphatic rings. The van der Waals surface area contributed by atoms with Gasteiger partial charge in [-0.2, -0.15) is 5.10 Å². The van der Waals surface area contributed by atoms with Crippen LogP contribution in [0.4, 0.5) is 0 Å². The number of hydrogen-bond donors (Lipinski definition) is 2. The minimum Gasteiger partial charge on any atom is -0.352 e. The molecule has 0 radical (unpaired) electrons. The summed E-state index contributed by atoms with van der Waals surface area (Å²) in [6, 6.07) is 7.29. The van der Waals surface area contributed by atoms with Crippen molar-refractivity contribution in [3.8, 4) is 5.69 Å². The predicted octanol–water partition coefficient (Wildman–Crippen LogP) is 1.45. The average Bonchev–Trinajstić information content (AvgIpc) is 2.98. The fraction of sp³-hybridized carbons (Fsp3) is 0.308. The first-order valence-electron chi connectivity index (χ1n) is 6.19. The second-order valence-electron chi connectivity index (χ2n) is 4.10. The van der Waals surface area contributed by atoms with E-state index in [9.17, 15) is 4.79 Å². The van der Waals surface area contributed by atoms with E-state index in [1.165, 1.54) is 6.33 Å². The molecule has 0 atom stereocenters. The second kappa shape index (κ2) is 10.1. The lowest BCUT2D eigenvalue weighted by atomic mass is 10.2. The number of carbonyl (C=O) groups excluding carboxylic acids is 1. The molecular weight excluding hydrogens is 313 g/mol. The number of aromatic nitrogens is 3. The van der Waals surface area contributed by atoms with E-state index in [0.29, 0.717) is 12.1 Å². The Kier molecular flexibility index (Phi) is 9.36. The first-order valence-corrected chi connectivity index (χ1v) is 6.19. The Balaban J connectivity index is 0.00000200. The summed E-state index contributed by atoms with van der Waals surface area (Å²) < 4.78 is 1.62. The molecule has 1 heterocycles. The lowest BCUT2D eigenvalue weighted by Crippen LogP contribution is -2.26. The molecule has 0 fully saturated rings. The van der Waals surface area contributed by atoms with Crippen LogP contribution in [0.3, 0.4) is 0 Å². The molecule has 2 rings (SSSR count).